The number of rotatable bonds is 7. The fraction of sp³-hybridized carbons (Fsp3) is 0.263. The average molecular weight is 374 g/mol. The highest BCUT2D eigenvalue weighted by Gasteiger charge is 2.18. The Labute approximate surface area is 156 Å². The van der Waals surface area contributed by atoms with Crippen molar-refractivity contribution in [3.8, 4) is 5.75 Å². The zero-order chi connectivity index (χ0) is 18.7. The van der Waals surface area contributed by atoms with Crippen molar-refractivity contribution in [3.63, 3.8) is 0 Å². The van der Waals surface area contributed by atoms with E-state index < -0.39 is 12.0 Å². The number of amides is 1. The highest BCUT2D eigenvalue weighted by atomic mass is 35.5. The number of benzene rings is 2. The molecule has 3 N–H and O–H groups in total. The number of hydrogen-bond acceptors (Lipinski definition) is 4. The molecule has 0 spiro atoms. The summed E-state index contributed by atoms with van der Waals surface area (Å²) < 4.78 is 7.52. The van der Waals surface area contributed by atoms with Crippen molar-refractivity contribution in [2.24, 2.45) is 5.73 Å². The molecule has 2 aromatic carbocycles. The molecule has 0 saturated carbocycles. The fourth-order valence-electron chi connectivity index (χ4n) is 2.87. The van der Waals surface area contributed by atoms with Crippen LogP contribution >= 0.6 is 11.6 Å². The molecule has 3 aromatic rings. The van der Waals surface area contributed by atoms with Crippen molar-refractivity contribution >= 4 is 28.3 Å². The summed E-state index contributed by atoms with van der Waals surface area (Å²) in [6.07, 6.45) is 2.94. The Kier molecular flexibility index (Phi) is 5.44. The topological polar surface area (TPSA) is 90.4 Å². The van der Waals surface area contributed by atoms with Gasteiger partial charge in [0.15, 0.2) is 0 Å². The molecule has 1 heterocycles. The number of fused-ring (bicyclic) bond motifs is 1. The Morgan fingerprint density at radius 2 is 2.08 bits per heavy atom. The number of aliphatic hydroxyl groups is 1. The van der Waals surface area contributed by atoms with Crippen molar-refractivity contribution in [1.29, 1.82) is 0 Å². The van der Waals surface area contributed by atoms with Crippen molar-refractivity contribution in [2.75, 3.05) is 6.61 Å². The van der Waals surface area contributed by atoms with Crippen LogP contribution < -0.4 is 10.5 Å². The maximum Gasteiger partial charge on any atom is 0.268 e. The zero-order valence-electron chi connectivity index (χ0n) is 14.3. The van der Waals surface area contributed by atoms with Gasteiger partial charge < -0.3 is 20.1 Å². The van der Waals surface area contributed by atoms with Gasteiger partial charge in [0.2, 0.25) is 0 Å². The molecular formula is C19H20ClN3O3. The minimum Gasteiger partial charge on any atom is -0.493 e. The molecule has 136 valence electrons. The van der Waals surface area contributed by atoms with Crippen LogP contribution in [-0.4, -0.2) is 33.3 Å². The summed E-state index contributed by atoms with van der Waals surface area (Å²) in [6, 6.07) is 11.2. The second kappa shape index (κ2) is 7.76. The number of nitrogens with zero attached hydrogens (tertiary/aromatic N) is 2. The van der Waals surface area contributed by atoms with Gasteiger partial charge in [0, 0.05) is 17.6 Å². The third kappa shape index (κ3) is 4.15. The van der Waals surface area contributed by atoms with Crippen LogP contribution in [-0.2, 0) is 0 Å². The second-order valence-electron chi connectivity index (χ2n) is 6.17. The molecule has 0 fully saturated rings. The van der Waals surface area contributed by atoms with Gasteiger partial charge in [0.05, 0.1) is 25.1 Å². The zero-order valence-corrected chi connectivity index (χ0v) is 15.1. The van der Waals surface area contributed by atoms with E-state index in [1.54, 1.807) is 11.5 Å². The number of hydrogen-bond donors (Lipinski definition) is 2. The van der Waals surface area contributed by atoms with E-state index in [2.05, 4.69) is 4.98 Å². The van der Waals surface area contributed by atoms with E-state index >= 15 is 0 Å². The molecule has 0 radical (unpaired) electrons. The predicted octanol–water partition coefficient (Wildman–Crippen LogP) is 3.18. The lowest BCUT2D eigenvalue weighted by Crippen LogP contribution is -2.23. The smallest absolute Gasteiger partial charge is 0.268 e. The van der Waals surface area contributed by atoms with Crippen LogP contribution in [0.2, 0.25) is 5.02 Å². The van der Waals surface area contributed by atoms with Crippen LogP contribution in [0.15, 0.2) is 48.9 Å². The summed E-state index contributed by atoms with van der Waals surface area (Å²) in [7, 11) is 0. The summed E-state index contributed by atoms with van der Waals surface area (Å²) in [5.41, 5.74) is 5.39. The van der Waals surface area contributed by atoms with Crippen LogP contribution in [0.3, 0.4) is 0 Å². The van der Waals surface area contributed by atoms with Gasteiger partial charge in [0.1, 0.15) is 11.4 Å². The molecule has 0 aliphatic heterocycles. The van der Waals surface area contributed by atoms with E-state index in [9.17, 15) is 9.90 Å². The first kappa shape index (κ1) is 18.2. The molecule has 7 heteroatoms. The lowest BCUT2D eigenvalue weighted by atomic mass is 10.1. The summed E-state index contributed by atoms with van der Waals surface area (Å²) in [6.45, 7) is 2.08. The molecule has 0 unspecified atom stereocenters. The van der Waals surface area contributed by atoms with E-state index in [4.69, 9.17) is 22.1 Å². The Hall–Kier alpha value is -2.57. The maximum absolute atomic E-state index is 11.2. The molecule has 0 aliphatic rings. The number of carbonyl (C=O) groups excluding carboxylic acids is 1. The van der Waals surface area contributed by atoms with Crippen LogP contribution in [0.1, 0.15) is 29.9 Å². The van der Waals surface area contributed by atoms with Crippen molar-refractivity contribution in [3.05, 3.63) is 59.6 Å². The predicted molar refractivity (Wildman–Crippen MR) is 101 cm³/mol. The monoisotopic (exact) mass is 373 g/mol. The molecule has 3 rings (SSSR count). The second-order valence-corrected chi connectivity index (χ2v) is 6.61. The lowest BCUT2D eigenvalue weighted by molar-refractivity contribution is 0.0993. The molecule has 1 aromatic heterocycles. The van der Waals surface area contributed by atoms with E-state index in [0.717, 1.165) is 16.5 Å². The van der Waals surface area contributed by atoms with Crippen molar-refractivity contribution in [2.45, 2.75) is 25.5 Å². The van der Waals surface area contributed by atoms with Gasteiger partial charge in [-0.2, -0.15) is 0 Å². The summed E-state index contributed by atoms with van der Waals surface area (Å²) in [5, 5.41) is 12.8. The number of ether oxygens (including phenoxy) is 1. The van der Waals surface area contributed by atoms with E-state index in [1.807, 2.05) is 36.4 Å². The van der Waals surface area contributed by atoms with Gasteiger partial charge in [-0.1, -0.05) is 23.7 Å². The number of imidazole rings is 1. The van der Waals surface area contributed by atoms with Gasteiger partial charge >= 0.3 is 0 Å². The number of aliphatic hydroxyl groups excluding tert-OH is 1. The van der Waals surface area contributed by atoms with E-state index in [1.165, 1.54) is 12.5 Å². The SMILES string of the molecule is C[C@H](O)[C@@H](CCOc1ccc2ccc(Cl)cc2c1)n1cnc(C(N)=O)c1. The van der Waals surface area contributed by atoms with Gasteiger partial charge in [-0.3, -0.25) is 4.79 Å². The van der Waals surface area contributed by atoms with Crippen LogP contribution in [0.25, 0.3) is 10.8 Å². The normalized spacial score (nSPS) is 13.5. The highest BCUT2D eigenvalue weighted by molar-refractivity contribution is 6.31. The molecule has 0 bridgehead atoms. The fourth-order valence-corrected chi connectivity index (χ4v) is 3.05. The van der Waals surface area contributed by atoms with E-state index in [0.29, 0.717) is 18.1 Å². The molecule has 0 aliphatic carbocycles. The summed E-state index contributed by atoms with van der Waals surface area (Å²) >= 11 is 6.03. The third-order valence-electron chi connectivity index (χ3n) is 4.25. The number of nitrogens with two attached hydrogens (primary N) is 1. The van der Waals surface area contributed by atoms with Crippen LogP contribution in [0.5, 0.6) is 5.75 Å². The first-order valence-electron chi connectivity index (χ1n) is 8.27. The number of halogens is 1. The van der Waals surface area contributed by atoms with Crippen molar-refractivity contribution < 1.29 is 14.6 Å². The summed E-state index contributed by atoms with van der Waals surface area (Å²) in [5.74, 6) is 0.131. The van der Waals surface area contributed by atoms with Gasteiger partial charge in [-0.25, -0.2) is 4.98 Å². The van der Waals surface area contributed by atoms with Gasteiger partial charge in [-0.05, 0) is 42.0 Å². The maximum atomic E-state index is 11.2. The van der Waals surface area contributed by atoms with Crippen LogP contribution in [0.4, 0.5) is 0 Å². The largest absolute Gasteiger partial charge is 0.493 e. The molecule has 0 saturated heterocycles. The van der Waals surface area contributed by atoms with Crippen LogP contribution in [0, 0.1) is 0 Å². The molecule has 26 heavy (non-hydrogen) atoms. The molecule has 2 atom stereocenters. The highest BCUT2D eigenvalue weighted by Crippen LogP contribution is 2.25. The molecular weight excluding hydrogens is 354 g/mol. The number of carbonyl (C=O) groups is 1. The average Bonchev–Trinajstić information content (AvgIpc) is 3.08. The Morgan fingerprint density at radius 1 is 1.31 bits per heavy atom. The standard InChI is InChI=1S/C19H20ClN3O3/c1-12(24)18(23-10-17(19(21)25)22-11-23)6-7-26-16-5-3-13-2-4-15(20)8-14(13)9-16/h2-5,8-12,18,24H,6-7H2,1H3,(H2,21,25)/t12-,18+/m0/s1. The number of aromatic nitrogens is 2. The lowest BCUT2D eigenvalue weighted by Gasteiger charge is -2.21. The minimum atomic E-state index is -0.635. The first-order valence-corrected chi connectivity index (χ1v) is 8.65. The van der Waals surface area contributed by atoms with Gasteiger partial charge in [-0.15, -0.1) is 0 Å². The first-order chi connectivity index (χ1) is 12.4. The molecule has 6 nitrogen and oxygen atoms in total. The molecule has 1 amide bonds. The number of primary amides is 1. The van der Waals surface area contributed by atoms with Crippen molar-refractivity contribution in [1.82, 2.24) is 9.55 Å². The Balaban J connectivity index is 1.67. The Bertz CT molecular complexity index is 923. The minimum absolute atomic E-state index is 0.169. The third-order valence-corrected chi connectivity index (χ3v) is 4.48. The Morgan fingerprint density at radius 3 is 2.77 bits per heavy atom. The van der Waals surface area contributed by atoms with Gasteiger partial charge in [0.25, 0.3) is 5.91 Å². The quantitative estimate of drug-likeness (QED) is 0.665. The van der Waals surface area contributed by atoms with E-state index in [-0.39, 0.29) is 11.7 Å². The summed E-state index contributed by atoms with van der Waals surface area (Å²) in [4.78, 5) is 15.1.